The number of amides is 1. The monoisotopic (exact) mass is 408 g/mol. The number of anilines is 1. The number of rotatable bonds is 8. The Kier molecular flexibility index (Phi) is 7.31. The molecule has 0 saturated heterocycles. The molecule has 0 aliphatic heterocycles. The third-order valence-electron chi connectivity index (χ3n) is 4.88. The Morgan fingerprint density at radius 2 is 1.90 bits per heavy atom. The van der Waals surface area contributed by atoms with E-state index in [1.54, 1.807) is 0 Å². The first-order valence-electron chi connectivity index (χ1n) is 9.71. The lowest BCUT2D eigenvalue weighted by molar-refractivity contribution is -0.145. The second kappa shape index (κ2) is 10.1. The van der Waals surface area contributed by atoms with Gasteiger partial charge in [0.15, 0.2) is 6.61 Å². The number of carbonyl (C=O) groups is 2. The van der Waals surface area contributed by atoms with Crippen molar-refractivity contribution in [1.29, 1.82) is 5.26 Å². The summed E-state index contributed by atoms with van der Waals surface area (Å²) < 4.78 is 5.19. The summed E-state index contributed by atoms with van der Waals surface area (Å²) in [6, 6.07) is 15.8. The first kappa shape index (κ1) is 20.9. The quantitative estimate of drug-likeness (QED) is 0.486. The lowest BCUT2D eigenvalue weighted by Crippen LogP contribution is -2.35. The van der Waals surface area contributed by atoms with Gasteiger partial charge in [-0.3, -0.25) is 9.59 Å². The summed E-state index contributed by atoms with van der Waals surface area (Å²) in [4.78, 5) is 27.2. The molecule has 150 valence electrons. The number of fused-ring (bicyclic) bond motifs is 1. The molecule has 6 heteroatoms. The van der Waals surface area contributed by atoms with E-state index < -0.39 is 5.97 Å². The molecule has 5 nitrogen and oxygen atoms in total. The van der Waals surface area contributed by atoms with Crippen LogP contribution < -0.4 is 4.90 Å². The molecule has 0 heterocycles. The van der Waals surface area contributed by atoms with Gasteiger partial charge < -0.3 is 9.64 Å². The summed E-state index contributed by atoms with van der Waals surface area (Å²) in [7, 11) is 0. The van der Waals surface area contributed by atoms with Crippen molar-refractivity contribution in [2.45, 2.75) is 37.5 Å². The van der Waals surface area contributed by atoms with Crippen molar-refractivity contribution in [2.24, 2.45) is 0 Å². The molecule has 2 aromatic rings. The number of hydrogen-bond acceptors (Lipinski definition) is 5. The van der Waals surface area contributed by atoms with Gasteiger partial charge in [0.25, 0.3) is 5.91 Å². The second-order valence-corrected chi connectivity index (χ2v) is 8.07. The van der Waals surface area contributed by atoms with E-state index in [4.69, 9.17) is 10.00 Å². The van der Waals surface area contributed by atoms with Gasteiger partial charge in [-0.1, -0.05) is 23.8 Å². The summed E-state index contributed by atoms with van der Waals surface area (Å²) >= 11 is 1.42. The number of carbonyl (C=O) groups excluding carboxylic acids is 2. The van der Waals surface area contributed by atoms with E-state index in [1.807, 2.05) is 37.3 Å². The highest BCUT2D eigenvalue weighted by atomic mass is 32.2. The molecule has 0 radical (unpaired) electrons. The number of hydrogen-bond donors (Lipinski definition) is 0. The minimum atomic E-state index is -0.423. The summed E-state index contributed by atoms with van der Waals surface area (Å²) in [6.07, 6.45) is 3.63. The standard InChI is InChI=1S/C23H24N2O3S/c1-17-6-9-20(10-7-17)25(13-3-12-24)22(26)15-28-23(27)16-29-21-11-8-18-4-2-5-19(18)14-21/h6-11,14H,2-5,13,15-16H2,1H3. The predicted octanol–water partition coefficient (Wildman–Crippen LogP) is 4.07. The molecule has 1 aliphatic rings. The molecule has 0 bridgehead atoms. The van der Waals surface area contributed by atoms with E-state index in [9.17, 15) is 9.59 Å². The Balaban J connectivity index is 1.51. The predicted molar refractivity (Wildman–Crippen MR) is 114 cm³/mol. The Labute approximate surface area is 175 Å². The van der Waals surface area contributed by atoms with Crippen molar-refractivity contribution in [3.63, 3.8) is 0 Å². The maximum atomic E-state index is 12.6. The average Bonchev–Trinajstić information content (AvgIpc) is 3.20. The Morgan fingerprint density at radius 3 is 2.66 bits per heavy atom. The molecule has 0 unspecified atom stereocenters. The SMILES string of the molecule is Cc1ccc(N(CCC#N)C(=O)COC(=O)CSc2ccc3c(c2)CCC3)cc1. The van der Waals surface area contributed by atoms with Crippen LogP contribution in [-0.2, 0) is 27.2 Å². The molecule has 3 rings (SSSR count). The van der Waals surface area contributed by atoms with E-state index in [0.717, 1.165) is 23.3 Å². The van der Waals surface area contributed by atoms with E-state index >= 15 is 0 Å². The van der Waals surface area contributed by atoms with Crippen LogP contribution >= 0.6 is 11.8 Å². The highest BCUT2D eigenvalue weighted by molar-refractivity contribution is 8.00. The van der Waals surface area contributed by atoms with Crippen molar-refractivity contribution in [3.8, 4) is 6.07 Å². The molecular weight excluding hydrogens is 384 g/mol. The lowest BCUT2D eigenvalue weighted by Gasteiger charge is -2.21. The van der Waals surface area contributed by atoms with Gasteiger partial charge in [0.2, 0.25) is 0 Å². The number of nitriles is 1. The van der Waals surface area contributed by atoms with Gasteiger partial charge in [-0.05, 0) is 61.6 Å². The van der Waals surface area contributed by atoms with Crippen molar-refractivity contribution in [3.05, 3.63) is 59.2 Å². The van der Waals surface area contributed by atoms with E-state index in [-0.39, 0.29) is 31.2 Å². The van der Waals surface area contributed by atoms with Crippen LogP contribution in [-0.4, -0.2) is 30.8 Å². The third kappa shape index (κ3) is 5.85. The molecule has 2 aromatic carbocycles. The first-order chi connectivity index (χ1) is 14.1. The number of aryl methyl sites for hydroxylation is 3. The normalized spacial score (nSPS) is 12.1. The fraction of sp³-hybridized carbons (Fsp3) is 0.348. The molecule has 29 heavy (non-hydrogen) atoms. The highest BCUT2D eigenvalue weighted by Crippen LogP contribution is 2.27. The summed E-state index contributed by atoms with van der Waals surface area (Å²) in [5, 5.41) is 8.87. The van der Waals surface area contributed by atoms with Crippen molar-refractivity contribution < 1.29 is 14.3 Å². The maximum absolute atomic E-state index is 12.6. The number of benzene rings is 2. The molecular formula is C23H24N2O3S. The molecule has 0 aromatic heterocycles. The average molecular weight is 409 g/mol. The van der Waals surface area contributed by atoms with Crippen LogP contribution in [0.1, 0.15) is 29.5 Å². The lowest BCUT2D eigenvalue weighted by atomic mass is 10.1. The zero-order chi connectivity index (χ0) is 20.6. The second-order valence-electron chi connectivity index (χ2n) is 7.02. The van der Waals surface area contributed by atoms with Gasteiger partial charge in [-0.2, -0.15) is 5.26 Å². The van der Waals surface area contributed by atoms with Crippen LogP contribution in [0.15, 0.2) is 47.4 Å². The van der Waals surface area contributed by atoms with Gasteiger partial charge in [0, 0.05) is 17.1 Å². The van der Waals surface area contributed by atoms with Crippen LogP contribution in [0.3, 0.4) is 0 Å². The van der Waals surface area contributed by atoms with Crippen LogP contribution in [0, 0.1) is 18.3 Å². The fourth-order valence-electron chi connectivity index (χ4n) is 3.33. The van der Waals surface area contributed by atoms with Crippen LogP contribution in [0.2, 0.25) is 0 Å². The van der Waals surface area contributed by atoms with E-state index in [1.165, 1.54) is 34.2 Å². The molecule has 0 fully saturated rings. The zero-order valence-corrected chi connectivity index (χ0v) is 17.3. The minimum Gasteiger partial charge on any atom is -0.455 e. The summed E-state index contributed by atoms with van der Waals surface area (Å²) in [6.45, 7) is 1.90. The molecule has 0 spiro atoms. The maximum Gasteiger partial charge on any atom is 0.316 e. The van der Waals surface area contributed by atoms with Crippen LogP contribution in [0.25, 0.3) is 0 Å². The number of nitrogens with zero attached hydrogens (tertiary/aromatic N) is 2. The molecule has 1 amide bonds. The van der Waals surface area contributed by atoms with Crippen molar-refractivity contribution in [1.82, 2.24) is 0 Å². The number of thioether (sulfide) groups is 1. The smallest absolute Gasteiger partial charge is 0.316 e. The zero-order valence-electron chi connectivity index (χ0n) is 16.5. The van der Waals surface area contributed by atoms with E-state index in [0.29, 0.717) is 5.69 Å². The summed E-state index contributed by atoms with van der Waals surface area (Å²) in [5.74, 6) is -0.595. The number of ether oxygens (including phenoxy) is 1. The minimum absolute atomic E-state index is 0.162. The molecule has 0 saturated carbocycles. The topological polar surface area (TPSA) is 70.4 Å². The highest BCUT2D eigenvalue weighted by Gasteiger charge is 2.18. The van der Waals surface area contributed by atoms with Gasteiger partial charge in [-0.25, -0.2) is 0 Å². The first-order valence-corrected chi connectivity index (χ1v) is 10.7. The Bertz CT molecular complexity index is 919. The van der Waals surface area contributed by atoms with Gasteiger partial charge in [-0.15, -0.1) is 11.8 Å². The van der Waals surface area contributed by atoms with Crippen LogP contribution in [0.4, 0.5) is 5.69 Å². The third-order valence-corrected chi connectivity index (χ3v) is 5.84. The molecule has 0 atom stereocenters. The molecule has 0 N–H and O–H groups in total. The van der Waals surface area contributed by atoms with E-state index in [2.05, 4.69) is 18.2 Å². The van der Waals surface area contributed by atoms with Gasteiger partial charge in [0.1, 0.15) is 0 Å². The van der Waals surface area contributed by atoms with Crippen molar-refractivity contribution in [2.75, 3.05) is 23.8 Å². The van der Waals surface area contributed by atoms with Gasteiger partial charge in [0.05, 0.1) is 18.2 Å². The largest absolute Gasteiger partial charge is 0.455 e. The molecule has 1 aliphatic carbocycles. The number of esters is 1. The fourth-order valence-corrected chi connectivity index (χ4v) is 4.08. The summed E-state index contributed by atoms with van der Waals surface area (Å²) in [5.41, 5.74) is 4.54. The van der Waals surface area contributed by atoms with Crippen LogP contribution in [0.5, 0.6) is 0 Å². The van der Waals surface area contributed by atoms with Gasteiger partial charge >= 0.3 is 5.97 Å². The van der Waals surface area contributed by atoms with Crippen molar-refractivity contribution >= 4 is 29.3 Å². The Hall–Kier alpha value is -2.78. The Morgan fingerprint density at radius 1 is 1.14 bits per heavy atom.